The zero-order valence-electron chi connectivity index (χ0n) is 9.18. The van der Waals surface area contributed by atoms with Crippen LogP contribution in [0.4, 0.5) is 0 Å². The maximum Gasteiger partial charge on any atom is 0.216 e. The first kappa shape index (κ1) is 9.99. The SMILES string of the molecule is Cc1nnc(-n2ccc3c2CCCC3N)s1. The van der Waals surface area contributed by atoms with Crippen molar-refractivity contribution in [3.8, 4) is 5.13 Å². The number of hydrogen-bond donors (Lipinski definition) is 1. The molecular formula is C11H14N4S. The van der Waals surface area contributed by atoms with Gasteiger partial charge in [0, 0.05) is 17.9 Å². The highest BCUT2D eigenvalue weighted by molar-refractivity contribution is 7.13. The van der Waals surface area contributed by atoms with E-state index in [0.717, 1.165) is 29.4 Å². The molecule has 0 saturated heterocycles. The average Bonchev–Trinajstić information content (AvgIpc) is 2.84. The molecule has 0 aliphatic heterocycles. The first-order valence-electron chi connectivity index (χ1n) is 5.52. The largest absolute Gasteiger partial charge is 0.324 e. The Labute approximate surface area is 98.1 Å². The minimum atomic E-state index is 0.194. The number of rotatable bonds is 1. The molecule has 84 valence electrons. The first-order valence-corrected chi connectivity index (χ1v) is 6.33. The highest BCUT2D eigenvalue weighted by Crippen LogP contribution is 2.31. The zero-order chi connectivity index (χ0) is 11.1. The summed E-state index contributed by atoms with van der Waals surface area (Å²) in [6.45, 7) is 1.98. The fourth-order valence-electron chi connectivity index (χ4n) is 2.29. The third-order valence-electron chi connectivity index (χ3n) is 3.08. The minimum absolute atomic E-state index is 0.194. The van der Waals surface area contributed by atoms with E-state index in [9.17, 15) is 0 Å². The summed E-state index contributed by atoms with van der Waals surface area (Å²) < 4.78 is 2.14. The first-order chi connectivity index (χ1) is 7.75. The second kappa shape index (κ2) is 3.68. The van der Waals surface area contributed by atoms with Gasteiger partial charge >= 0.3 is 0 Å². The Morgan fingerprint density at radius 1 is 1.50 bits per heavy atom. The van der Waals surface area contributed by atoms with Crippen molar-refractivity contribution in [3.63, 3.8) is 0 Å². The molecule has 0 radical (unpaired) electrons. The number of nitrogens with two attached hydrogens (primary N) is 1. The van der Waals surface area contributed by atoms with Crippen LogP contribution in [-0.2, 0) is 6.42 Å². The molecule has 3 rings (SSSR count). The van der Waals surface area contributed by atoms with Gasteiger partial charge in [0.25, 0.3) is 0 Å². The maximum atomic E-state index is 6.10. The van der Waals surface area contributed by atoms with Crippen molar-refractivity contribution in [2.45, 2.75) is 32.2 Å². The lowest BCUT2D eigenvalue weighted by Gasteiger charge is -2.19. The Hall–Kier alpha value is -1.20. The summed E-state index contributed by atoms with van der Waals surface area (Å²) in [5, 5.41) is 10.2. The molecule has 5 heteroatoms. The molecule has 2 heterocycles. The van der Waals surface area contributed by atoms with E-state index in [0.29, 0.717) is 0 Å². The molecule has 0 saturated carbocycles. The topological polar surface area (TPSA) is 56.7 Å². The molecule has 1 aliphatic rings. The molecule has 2 N–H and O–H groups in total. The molecule has 0 amide bonds. The molecule has 0 bridgehead atoms. The Kier molecular flexibility index (Phi) is 2.29. The van der Waals surface area contributed by atoms with Crippen LogP contribution in [0.1, 0.15) is 35.1 Å². The van der Waals surface area contributed by atoms with Crippen LogP contribution in [0, 0.1) is 6.92 Å². The highest BCUT2D eigenvalue weighted by atomic mass is 32.1. The number of hydrogen-bond acceptors (Lipinski definition) is 4. The van der Waals surface area contributed by atoms with Crippen LogP contribution >= 0.6 is 11.3 Å². The van der Waals surface area contributed by atoms with Crippen LogP contribution in [0.3, 0.4) is 0 Å². The number of nitrogens with zero attached hydrogens (tertiary/aromatic N) is 3. The summed E-state index contributed by atoms with van der Waals surface area (Å²) in [6.07, 6.45) is 5.41. The molecule has 4 nitrogen and oxygen atoms in total. The number of aryl methyl sites for hydroxylation is 1. The molecule has 1 unspecified atom stereocenters. The van der Waals surface area contributed by atoms with E-state index < -0.39 is 0 Å². The van der Waals surface area contributed by atoms with Crippen molar-refractivity contribution < 1.29 is 0 Å². The van der Waals surface area contributed by atoms with Crippen LogP contribution in [0.15, 0.2) is 12.3 Å². The van der Waals surface area contributed by atoms with Crippen molar-refractivity contribution >= 4 is 11.3 Å². The van der Waals surface area contributed by atoms with Crippen LogP contribution in [-0.4, -0.2) is 14.8 Å². The van der Waals surface area contributed by atoms with Crippen molar-refractivity contribution in [1.29, 1.82) is 0 Å². The van der Waals surface area contributed by atoms with E-state index >= 15 is 0 Å². The van der Waals surface area contributed by atoms with Gasteiger partial charge in [0.15, 0.2) is 0 Å². The van der Waals surface area contributed by atoms with Gasteiger partial charge in [-0.1, -0.05) is 11.3 Å². The maximum absolute atomic E-state index is 6.10. The van der Waals surface area contributed by atoms with E-state index in [2.05, 4.69) is 27.0 Å². The zero-order valence-corrected chi connectivity index (χ0v) is 10.00. The summed E-state index contributed by atoms with van der Waals surface area (Å²) in [4.78, 5) is 0. The fraction of sp³-hybridized carbons (Fsp3) is 0.455. The second-order valence-electron chi connectivity index (χ2n) is 4.19. The van der Waals surface area contributed by atoms with Gasteiger partial charge in [-0.2, -0.15) is 0 Å². The molecule has 0 fully saturated rings. The molecule has 0 spiro atoms. The Bertz CT molecular complexity index is 514. The summed E-state index contributed by atoms with van der Waals surface area (Å²) in [7, 11) is 0. The number of aromatic nitrogens is 3. The van der Waals surface area contributed by atoms with Gasteiger partial charge in [-0.3, -0.25) is 4.57 Å². The van der Waals surface area contributed by atoms with E-state index in [4.69, 9.17) is 5.73 Å². The molecule has 2 aromatic rings. The Morgan fingerprint density at radius 2 is 2.38 bits per heavy atom. The van der Waals surface area contributed by atoms with Crippen LogP contribution < -0.4 is 5.73 Å². The minimum Gasteiger partial charge on any atom is -0.324 e. The van der Waals surface area contributed by atoms with Gasteiger partial charge < -0.3 is 5.73 Å². The van der Waals surface area contributed by atoms with Crippen molar-refractivity contribution in [2.75, 3.05) is 0 Å². The van der Waals surface area contributed by atoms with Gasteiger partial charge in [0.1, 0.15) is 5.01 Å². The Morgan fingerprint density at radius 3 is 3.12 bits per heavy atom. The molecule has 16 heavy (non-hydrogen) atoms. The predicted octanol–water partition coefficient (Wildman–Crippen LogP) is 1.97. The number of fused-ring (bicyclic) bond motifs is 1. The van der Waals surface area contributed by atoms with E-state index in [-0.39, 0.29) is 6.04 Å². The smallest absolute Gasteiger partial charge is 0.216 e. The average molecular weight is 234 g/mol. The van der Waals surface area contributed by atoms with Gasteiger partial charge in [0.05, 0.1) is 0 Å². The van der Waals surface area contributed by atoms with Crippen molar-refractivity contribution in [1.82, 2.24) is 14.8 Å². The lowest BCUT2D eigenvalue weighted by atomic mass is 9.94. The monoisotopic (exact) mass is 234 g/mol. The van der Waals surface area contributed by atoms with Gasteiger partial charge in [-0.15, -0.1) is 10.2 Å². The third kappa shape index (κ3) is 1.47. The summed E-state index contributed by atoms with van der Waals surface area (Å²) in [5.41, 5.74) is 8.69. The van der Waals surface area contributed by atoms with Gasteiger partial charge in [0.2, 0.25) is 5.13 Å². The van der Waals surface area contributed by atoms with Crippen molar-refractivity contribution in [2.24, 2.45) is 5.73 Å². The molecule has 1 atom stereocenters. The van der Waals surface area contributed by atoms with E-state index in [1.165, 1.54) is 11.3 Å². The lowest BCUT2D eigenvalue weighted by Crippen LogP contribution is -2.17. The third-order valence-corrected chi connectivity index (χ3v) is 3.91. The Balaban J connectivity index is 2.09. The highest BCUT2D eigenvalue weighted by Gasteiger charge is 2.21. The standard InChI is InChI=1S/C11H14N4S/c1-7-13-14-11(16-7)15-6-5-8-9(12)3-2-4-10(8)15/h5-6,9H,2-4,12H2,1H3. The second-order valence-corrected chi connectivity index (χ2v) is 5.35. The summed E-state index contributed by atoms with van der Waals surface area (Å²) in [5.74, 6) is 0. The lowest BCUT2D eigenvalue weighted by molar-refractivity contribution is 0.560. The summed E-state index contributed by atoms with van der Waals surface area (Å²) >= 11 is 1.62. The quantitative estimate of drug-likeness (QED) is 0.820. The van der Waals surface area contributed by atoms with Crippen LogP contribution in [0.25, 0.3) is 5.13 Å². The van der Waals surface area contributed by atoms with E-state index in [1.54, 1.807) is 11.3 Å². The predicted molar refractivity (Wildman–Crippen MR) is 63.8 cm³/mol. The fourth-order valence-corrected chi connectivity index (χ4v) is 2.99. The van der Waals surface area contributed by atoms with Crippen LogP contribution in [0.2, 0.25) is 0 Å². The normalized spacial score (nSPS) is 19.8. The molecule has 0 aromatic carbocycles. The van der Waals surface area contributed by atoms with Crippen molar-refractivity contribution in [3.05, 3.63) is 28.5 Å². The van der Waals surface area contributed by atoms with E-state index in [1.807, 2.05) is 6.92 Å². The van der Waals surface area contributed by atoms with Crippen LogP contribution in [0.5, 0.6) is 0 Å². The molecule has 1 aliphatic carbocycles. The molecule has 2 aromatic heterocycles. The summed E-state index contributed by atoms with van der Waals surface area (Å²) in [6, 6.07) is 2.31. The van der Waals surface area contributed by atoms with Gasteiger partial charge in [-0.05, 0) is 37.8 Å². The van der Waals surface area contributed by atoms with Gasteiger partial charge in [-0.25, -0.2) is 0 Å². The molecular weight excluding hydrogens is 220 g/mol.